The first-order valence-corrected chi connectivity index (χ1v) is 11.8. The molecule has 1 aliphatic rings. The first kappa shape index (κ1) is 20.8. The van der Waals surface area contributed by atoms with Gasteiger partial charge in [0.15, 0.2) is 0 Å². The molecule has 32 heavy (non-hydrogen) atoms. The monoisotopic (exact) mass is 492 g/mol. The second kappa shape index (κ2) is 8.82. The fourth-order valence-corrected chi connectivity index (χ4v) is 4.96. The highest BCUT2D eigenvalue weighted by molar-refractivity contribution is 9.10. The second-order valence-corrected chi connectivity index (χ2v) is 9.25. The van der Waals surface area contributed by atoms with E-state index < -0.39 is 0 Å². The number of halogens is 1. The van der Waals surface area contributed by atoms with Crippen LogP contribution >= 0.6 is 15.9 Å². The van der Waals surface area contributed by atoms with Gasteiger partial charge in [0.1, 0.15) is 6.54 Å². The molecule has 0 saturated carbocycles. The van der Waals surface area contributed by atoms with Crippen molar-refractivity contribution in [1.82, 2.24) is 19.8 Å². The van der Waals surface area contributed by atoms with Gasteiger partial charge >= 0.3 is 0 Å². The summed E-state index contributed by atoms with van der Waals surface area (Å²) in [5.74, 6) is -0.211. The molecule has 7 heteroatoms. The first-order chi connectivity index (χ1) is 15.6. The normalized spacial score (nSPS) is 16.5. The molecule has 164 valence electrons. The van der Waals surface area contributed by atoms with Gasteiger partial charge in [-0.1, -0.05) is 40.2 Å². The molecule has 1 aliphatic heterocycles. The van der Waals surface area contributed by atoms with Crippen LogP contribution in [-0.4, -0.2) is 39.4 Å². The zero-order valence-electron chi connectivity index (χ0n) is 17.7. The van der Waals surface area contributed by atoms with Crippen molar-refractivity contribution < 1.29 is 9.59 Å². The molecule has 1 fully saturated rings. The van der Waals surface area contributed by atoms with Gasteiger partial charge in [0.05, 0.1) is 12.6 Å². The lowest BCUT2D eigenvalue weighted by Gasteiger charge is -2.35. The zero-order valence-corrected chi connectivity index (χ0v) is 19.3. The Bertz CT molecular complexity index is 1260. The highest BCUT2D eigenvalue weighted by Crippen LogP contribution is 2.32. The minimum Gasteiger partial charge on any atom is -0.357 e. The number of aromatic amines is 1. The number of para-hydroxylation sites is 1. The van der Waals surface area contributed by atoms with E-state index in [0.29, 0.717) is 6.54 Å². The summed E-state index contributed by atoms with van der Waals surface area (Å²) in [7, 11) is 0. The molecule has 5 rings (SSSR count). The Morgan fingerprint density at radius 1 is 1.06 bits per heavy atom. The lowest BCUT2D eigenvalue weighted by Crippen LogP contribution is -2.44. The predicted octanol–water partition coefficient (Wildman–Crippen LogP) is 4.76. The van der Waals surface area contributed by atoms with E-state index >= 15 is 0 Å². The van der Waals surface area contributed by atoms with E-state index in [4.69, 9.17) is 0 Å². The average molecular weight is 493 g/mol. The quantitative estimate of drug-likeness (QED) is 0.421. The van der Waals surface area contributed by atoms with Gasteiger partial charge < -0.3 is 19.8 Å². The van der Waals surface area contributed by atoms with Crippen molar-refractivity contribution in [3.63, 3.8) is 0 Å². The molecule has 1 atom stereocenters. The molecule has 1 unspecified atom stereocenters. The van der Waals surface area contributed by atoms with E-state index in [0.717, 1.165) is 51.2 Å². The third-order valence-corrected chi connectivity index (χ3v) is 6.71. The maximum atomic E-state index is 13.0. The van der Waals surface area contributed by atoms with E-state index in [-0.39, 0.29) is 30.9 Å². The number of carbonyl (C=O) groups excluding carboxylic acids is 2. The first-order valence-electron chi connectivity index (χ1n) is 11.0. The molecule has 2 aromatic heterocycles. The summed E-state index contributed by atoms with van der Waals surface area (Å²) < 4.78 is 2.86. The van der Waals surface area contributed by atoms with Crippen LogP contribution in [-0.2, 0) is 16.1 Å². The number of fused-ring (bicyclic) bond motifs is 2. The fraction of sp³-hybridized carbons (Fsp3) is 0.280. The van der Waals surface area contributed by atoms with E-state index in [9.17, 15) is 9.59 Å². The Labute approximate surface area is 194 Å². The van der Waals surface area contributed by atoms with E-state index in [1.54, 1.807) is 0 Å². The summed E-state index contributed by atoms with van der Waals surface area (Å²) in [6.07, 6.45) is 4.90. The molecule has 0 aliphatic carbocycles. The van der Waals surface area contributed by atoms with Crippen molar-refractivity contribution in [3.8, 4) is 0 Å². The number of nitrogens with one attached hydrogen (secondary N) is 2. The van der Waals surface area contributed by atoms with Crippen LogP contribution in [0.25, 0.3) is 21.8 Å². The molecule has 3 heterocycles. The number of H-pyrrole nitrogens is 1. The number of aromatic nitrogens is 2. The Hall–Kier alpha value is -3.06. The summed E-state index contributed by atoms with van der Waals surface area (Å²) in [6, 6.07) is 18.3. The van der Waals surface area contributed by atoms with Gasteiger partial charge in [0.2, 0.25) is 11.8 Å². The molecule has 1 saturated heterocycles. The fourth-order valence-electron chi connectivity index (χ4n) is 4.61. The molecule has 0 radical (unpaired) electrons. The van der Waals surface area contributed by atoms with Crippen molar-refractivity contribution in [3.05, 3.63) is 71.0 Å². The number of likely N-dealkylation sites (tertiary alicyclic amines) is 1. The van der Waals surface area contributed by atoms with E-state index in [1.807, 2.05) is 52.1 Å². The molecule has 2 amide bonds. The molecule has 2 N–H and O–H groups in total. The average Bonchev–Trinajstić information content (AvgIpc) is 3.41. The highest BCUT2D eigenvalue weighted by atomic mass is 79.9. The number of rotatable bonds is 5. The van der Waals surface area contributed by atoms with Crippen LogP contribution in [0.15, 0.2) is 65.3 Å². The molecular weight excluding hydrogens is 468 g/mol. The maximum Gasteiger partial charge on any atom is 0.242 e. The number of carbonyl (C=O) groups is 2. The SMILES string of the molecule is O=C(Cn1ccc2ccc(Br)cc21)NCC(=O)N1CCCCC1c1cc2ccccc2[nH]1. The number of benzene rings is 2. The van der Waals surface area contributed by atoms with Gasteiger partial charge in [-0.2, -0.15) is 0 Å². The van der Waals surface area contributed by atoms with Gasteiger partial charge in [0, 0.05) is 33.9 Å². The van der Waals surface area contributed by atoms with Gasteiger partial charge in [-0.25, -0.2) is 0 Å². The van der Waals surface area contributed by atoms with Crippen molar-refractivity contribution in [2.45, 2.75) is 31.8 Å². The maximum absolute atomic E-state index is 13.0. The minimum absolute atomic E-state index is 0.0124. The van der Waals surface area contributed by atoms with E-state index in [2.05, 4.69) is 44.4 Å². The molecule has 4 aromatic rings. The lowest BCUT2D eigenvalue weighted by molar-refractivity contribution is -0.136. The topological polar surface area (TPSA) is 70.1 Å². The van der Waals surface area contributed by atoms with Crippen molar-refractivity contribution in [1.29, 1.82) is 0 Å². The van der Waals surface area contributed by atoms with Crippen LogP contribution in [0.5, 0.6) is 0 Å². The molecule has 0 spiro atoms. The lowest BCUT2D eigenvalue weighted by atomic mass is 9.99. The van der Waals surface area contributed by atoms with Crippen LogP contribution in [0, 0.1) is 0 Å². The van der Waals surface area contributed by atoms with Gasteiger partial charge in [-0.3, -0.25) is 9.59 Å². The summed E-state index contributed by atoms with van der Waals surface area (Å²) in [4.78, 5) is 31.0. The Kier molecular flexibility index (Phi) is 5.74. The summed E-state index contributed by atoms with van der Waals surface area (Å²) in [6.45, 7) is 0.905. The standard InChI is InChI=1S/C25H25BrN4O2/c26-19-9-8-17-10-12-29(23(17)14-19)16-24(31)27-15-25(32)30-11-4-3-7-22(30)21-13-18-5-1-2-6-20(18)28-21/h1-2,5-6,8-10,12-14,22,28H,3-4,7,11,15-16H2,(H,27,31). The number of nitrogens with zero attached hydrogens (tertiary/aromatic N) is 2. The zero-order chi connectivity index (χ0) is 22.1. The number of amides is 2. The number of piperidine rings is 1. The summed E-state index contributed by atoms with van der Waals surface area (Å²) in [5.41, 5.74) is 3.13. The molecular formula is C25H25BrN4O2. The van der Waals surface area contributed by atoms with Crippen LogP contribution in [0.2, 0.25) is 0 Å². The van der Waals surface area contributed by atoms with Crippen LogP contribution < -0.4 is 5.32 Å². The largest absolute Gasteiger partial charge is 0.357 e. The van der Waals surface area contributed by atoms with Gasteiger partial charge in [-0.05, 0) is 60.4 Å². The Balaban J connectivity index is 1.24. The Morgan fingerprint density at radius 3 is 2.81 bits per heavy atom. The third-order valence-electron chi connectivity index (χ3n) is 6.22. The van der Waals surface area contributed by atoms with Crippen LogP contribution in [0.4, 0.5) is 0 Å². The summed E-state index contributed by atoms with van der Waals surface area (Å²) >= 11 is 3.48. The van der Waals surface area contributed by atoms with Gasteiger partial charge in [0.25, 0.3) is 0 Å². The molecule has 2 aromatic carbocycles. The van der Waals surface area contributed by atoms with Crippen LogP contribution in [0.1, 0.15) is 31.0 Å². The minimum atomic E-state index is -0.171. The molecule has 0 bridgehead atoms. The number of hydrogen-bond donors (Lipinski definition) is 2. The van der Waals surface area contributed by atoms with Gasteiger partial charge in [-0.15, -0.1) is 0 Å². The summed E-state index contributed by atoms with van der Waals surface area (Å²) in [5, 5.41) is 5.05. The third kappa shape index (κ3) is 4.17. The highest BCUT2D eigenvalue weighted by Gasteiger charge is 2.29. The van der Waals surface area contributed by atoms with E-state index in [1.165, 1.54) is 0 Å². The Morgan fingerprint density at radius 2 is 1.94 bits per heavy atom. The van der Waals surface area contributed by atoms with Crippen molar-refractivity contribution in [2.75, 3.05) is 13.1 Å². The smallest absolute Gasteiger partial charge is 0.242 e. The number of hydrogen-bond acceptors (Lipinski definition) is 2. The van der Waals surface area contributed by atoms with Crippen molar-refractivity contribution >= 4 is 49.6 Å². The van der Waals surface area contributed by atoms with Crippen LogP contribution in [0.3, 0.4) is 0 Å². The second-order valence-electron chi connectivity index (χ2n) is 8.33. The molecule has 6 nitrogen and oxygen atoms in total. The van der Waals surface area contributed by atoms with Crippen molar-refractivity contribution in [2.24, 2.45) is 0 Å². The predicted molar refractivity (Wildman–Crippen MR) is 129 cm³/mol.